The highest BCUT2D eigenvalue weighted by atomic mass is 15.2. The van der Waals surface area contributed by atoms with E-state index in [1.807, 2.05) is 0 Å². The van der Waals surface area contributed by atoms with Gasteiger partial charge in [0.1, 0.15) is 0 Å². The zero-order valence-electron chi connectivity index (χ0n) is 13.3. The number of nitrogens with zero attached hydrogens (tertiary/aromatic N) is 1. The Morgan fingerprint density at radius 3 is 2.47 bits per heavy atom. The van der Waals surface area contributed by atoms with Crippen LogP contribution in [0.15, 0.2) is 0 Å². The molecule has 0 spiro atoms. The van der Waals surface area contributed by atoms with E-state index < -0.39 is 0 Å². The highest BCUT2D eigenvalue weighted by Crippen LogP contribution is 2.28. The summed E-state index contributed by atoms with van der Waals surface area (Å²) in [5, 5.41) is 3.79. The van der Waals surface area contributed by atoms with E-state index in [4.69, 9.17) is 0 Å². The lowest BCUT2D eigenvalue weighted by Gasteiger charge is -2.41. The van der Waals surface area contributed by atoms with Crippen molar-refractivity contribution in [1.29, 1.82) is 0 Å². The first kappa shape index (κ1) is 15.3. The molecule has 1 aliphatic carbocycles. The van der Waals surface area contributed by atoms with Crippen molar-refractivity contribution in [2.45, 2.75) is 77.8 Å². The predicted molar refractivity (Wildman–Crippen MR) is 83.5 cm³/mol. The van der Waals surface area contributed by atoms with Crippen molar-refractivity contribution in [1.82, 2.24) is 10.2 Å². The second kappa shape index (κ2) is 7.64. The fourth-order valence-electron chi connectivity index (χ4n) is 4.07. The Hall–Kier alpha value is -0.0800. The number of nitrogens with one attached hydrogen (secondary N) is 1. The van der Waals surface area contributed by atoms with Crippen molar-refractivity contribution < 1.29 is 0 Å². The quantitative estimate of drug-likeness (QED) is 0.817. The molecule has 1 saturated carbocycles. The Balaban J connectivity index is 1.90. The third-order valence-corrected chi connectivity index (χ3v) is 5.36. The van der Waals surface area contributed by atoms with Crippen LogP contribution in [0.2, 0.25) is 0 Å². The number of likely N-dealkylation sites (tertiary alicyclic amines) is 1. The molecule has 3 unspecified atom stereocenters. The lowest BCUT2D eigenvalue weighted by atomic mass is 9.83. The number of rotatable bonds is 5. The SMILES string of the molecule is CCNC(CN1CC(C)CCC1C)C1CCCCC1. The van der Waals surface area contributed by atoms with E-state index in [0.717, 1.165) is 30.5 Å². The molecular formula is C17H34N2. The van der Waals surface area contributed by atoms with E-state index in [-0.39, 0.29) is 0 Å². The molecule has 2 nitrogen and oxygen atoms in total. The van der Waals surface area contributed by atoms with Gasteiger partial charge in [-0.1, -0.05) is 33.1 Å². The Morgan fingerprint density at radius 2 is 1.79 bits per heavy atom. The highest BCUT2D eigenvalue weighted by Gasteiger charge is 2.29. The Kier molecular flexibility index (Phi) is 6.15. The lowest BCUT2D eigenvalue weighted by molar-refractivity contribution is 0.0946. The van der Waals surface area contributed by atoms with Gasteiger partial charge in [-0.25, -0.2) is 0 Å². The molecule has 0 amide bonds. The first-order valence-corrected chi connectivity index (χ1v) is 8.68. The molecule has 0 aromatic heterocycles. The average molecular weight is 266 g/mol. The van der Waals surface area contributed by atoms with E-state index in [0.29, 0.717) is 0 Å². The first-order valence-electron chi connectivity index (χ1n) is 8.68. The lowest BCUT2D eigenvalue weighted by Crippen LogP contribution is -2.51. The van der Waals surface area contributed by atoms with Crippen LogP contribution in [0.1, 0.15) is 65.7 Å². The van der Waals surface area contributed by atoms with Gasteiger partial charge in [0.25, 0.3) is 0 Å². The topological polar surface area (TPSA) is 15.3 Å². The zero-order chi connectivity index (χ0) is 13.7. The fourth-order valence-corrected chi connectivity index (χ4v) is 4.07. The van der Waals surface area contributed by atoms with Gasteiger partial charge < -0.3 is 5.32 Å². The third-order valence-electron chi connectivity index (χ3n) is 5.36. The molecule has 0 bridgehead atoms. The molecule has 1 N–H and O–H groups in total. The number of piperidine rings is 1. The molecule has 0 aromatic carbocycles. The molecule has 2 heteroatoms. The van der Waals surface area contributed by atoms with Crippen LogP contribution in [0.25, 0.3) is 0 Å². The number of hydrogen-bond donors (Lipinski definition) is 1. The highest BCUT2D eigenvalue weighted by molar-refractivity contribution is 4.86. The van der Waals surface area contributed by atoms with Crippen LogP contribution in [0.5, 0.6) is 0 Å². The Labute approximate surface area is 120 Å². The van der Waals surface area contributed by atoms with Crippen molar-refractivity contribution in [3.63, 3.8) is 0 Å². The summed E-state index contributed by atoms with van der Waals surface area (Å²) in [6.45, 7) is 10.8. The van der Waals surface area contributed by atoms with Crippen LogP contribution in [0.3, 0.4) is 0 Å². The maximum Gasteiger partial charge on any atom is 0.0223 e. The molecule has 2 aliphatic rings. The van der Waals surface area contributed by atoms with Gasteiger partial charge in [0.05, 0.1) is 0 Å². The molecule has 1 aliphatic heterocycles. The number of likely N-dealkylation sites (N-methyl/N-ethyl adjacent to an activating group) is 1. The average Bonchev–Trinajstić information content (AvgIpc) is 2.43. The monoisotopic (exact) mass is 266 g/mol. The van der Waals surface area contributed by atoms with Crippen molar-refractivity contribution >= 4 is 0 Å². The normalized spacial score (nSPS) is 32.4. The van der Waals surface area contributed by atoms with Crippen molar-refractivity contribution in [3.05, 3.63) is 0 Å². The van der Waals surface area contributed by atoms with E-state index in [2.05, 4.69) is 31.0 Å². The molecule has 2 fully saturated rings. The first-order chi connectivity index (χ1) is 9.20. The molecule has 3 atom stereocenters. The van der Waals surface area contributed by atoms with Gasteiger partial charge in [0.15, 0.2) is 0 Å². The van der Waals surface area contributed by atoms with Crippen LogP contribution in [0, 0.1) is 11.8 Å². The van der Waals surface area contributed by atoms with E-state index in [1.165, 1.54) is 58.0 Å². The largest absolute Gasteiger partial charge is 0.313 e. The van der Waals surface area contributed by atoms with Crippen LogP contribution >= 0.6 is 0 Å². The van der Waals surface area contributed by atoms with E-state index in [1.54, 1.807) is 0 Å². The van der Waals surface area contributed by atoms with Gasteiger partial charge in [-0.15, -0.1) is 0 Å². The summed E-state index contributed by atoms with van der Waals surface area (Å²) < 4.78 is 0. The number of hydrogen-bond acceptors (Lipinski definition) is 2. The predicted octanol–water partition coefficient (Wildman–Crippen LogP) is 3.67. The fraction of sp³-hybridized carbons (Fsp3) is 1.00. The van der Waals surface area contributed by atoms with Crippen molar-refractivity contribution in [2.75, 3.05) is 19.6 Å². The van der Waals surface area contributed by atoms with Crippen molar-refractivity contribution in [3.8, 4) is 0 Å². The molecular weight excluding hydrogens is 232 g/mol. The molecule has 19 heavy (non-hydrogen) atoms. The summed E-state index contributed by atoms with van der Waals surface area (Å²) in [6.07, 6.45) is 10.1. The van der Waals surface area contributed by atoms with Gasteiger partial charge in [-0.05, 0) is 51.0 Å². The van der Waals surface area contributed by atoms with Gasteiger partial charge in [0, 0.05) is 25.2 Å². The van der Waals surface area contributed by atoms with Crippen LogP contribution in [-0.2, 0) is 0 Å². The smallest absolute Gasteiger partial charge is 0.0223 e. The molecule has 0 radical (unpaired) electrons. The van der Waals surface area contributed by atoms with Gasteiger partial charge >= 0.3 is 0 Å². The van der Waals surface area contributed by atoms with Gasteiger partial charge in [0.2, 0.25) is 0 Å². The zero-order valence-corrected chi connectivity index (χ0v) is 13.3. The summed E-state index contributed by atoms with van der Waals surface area (Å²) in [4.78, 5) is 2.76. The minimum absolute atomic E-state index is 0.734. The summed E-state index contributed by atoms with van der Waals surface area (Å²) in [7, 11) is 0. The summed E-state index contributed by atoms with van der Waals surface area (Å²) >= 11 is 0. The van der Waals surface area contributed by atoms with Crippen LogP contribution in [0.4, 0.5) is 0 Å². The van der Waals surface area contributed by atoms with Gasteiger partial charge in [-0.2, -0.15) is 0 Å². The molecule has 0 aromatic rings. The molecule has 1 saturated heterocycles. The Morgan fingerprint density at radius 1 is 1.05 bits per heavy atom. The van der Waals surface area contributed by atoms with Gasteiger partial charge in [-0.3, -0.25) is 4.90 Å². The maximum atomic E-state index is 3.79. The molecule has 112 valence electrons. The molecule has 1 heterocycles. The third kappa shape index (κ3) is 4.46. The second-order valence-electron chi connectivity index (χ2n) is 7.05. The Bertz CT molecular complexity index is 248. The maximum absolute atomic E-state index is 3.79. The summed E-state index contributed by atoms with van der Waals surface area (Å²) in [5.41, 5.74) is 0. The minimum Gasteiger partial charge on any atom is -0.313 e. The van der Waals surface area contributed by atoms with E-state index in [9.17, 15) is 0 Å². The van der Waals surface area contributed by atoms with E-state index >= 15 is 0 Å². The van der Waals surface area contributed by atoms with Crippen LogP contribution < -0.4 is 5.32 Å². The minimum atomic E-state index is 0.734. The van der Waals surface area contributed by atoms with Crippen LogP contribution in [-0.4, -0.2) is 36.6 Å². The molecule has 2 rings (SSSR count). The second-order valence-corrected chi connectivity index (χ2v) is 7.05. The standard InChI is InChI=1S/C17H34N2/c1-4-18-17(16-8-6-5-7-9-16)13-19-12-14(2)10-11-15(19)3/h14-18H,4-13H2,1-3H3. The summed E-state index contributed by atoms with van der Waals surface area (Å²) in [6, 6.07) is 1.53. The summed E-state index contributed by atoms with van der Waals surface area (Å²) in [5.74, 6) is 1.82. The van der Waals surface area contributed by atoms with Crippen molar-refractivity contribution in [2.24, 2.45) is 11.8 Å².